The normalized spacial score (nSPS) is 15.1. The van der Waals surface area contributed by atoms with Crippen LogP contribution in [0, 0.1) is 0 Å². The van der Waals surface area contributed by atoms with Crippen molar-refractivity contribution in [3.8, 4) is 0 Å². The molecule has 2 aromatic rings. The molecular weight excluding hydrogens is 296 g/mol. The molecular formula is C17H18N2O4. The van der Waals surface area contributed by atoms with Crippen LogP contribution < -0.4 is 4.90 Å². The van der Waals surface area contributed by atoms with E-state index in [1.165, 1.54) is 7.11 Å². The van der Waals surface area contributed by atoms with E-state index in [1.807, 2.05) is 41.3 Å². The van der Waals surface area contributed by atoms with Gasteiger partial charge in [-0.15, -0.1) is 0 Å². The number of rotatable bonds is 4. The summed E-state index contributed by atoms with van der Waals surface area (Å²) in [5.74, 6) is 0.304. The lowest BCUT2D eigenvalue weighted by molar-refractivity contribution is 0.0593. The van der Waals surface area contributed by atoms with E-state index in [0.29, 0.717) is 38.1 Å². The number of anilines is 1. The summed E-state index contributed by atoms with van der Waals surface area (Å²) in [6, 6.07) is 9.81. The van der Waals surface area contributed by atoms with Gasteiger partial charge in [-0.05, 0) is 11.6 Å². The van der Waals surface area contributed by atoms with Gasteiger partial charge in [0.2, 0.25) is 17.5 Å². The monoisotopic (exact) mass is 314 g/mol. The molecule has 0 saturated carbocycles. The van der Waals surface area contributed by atoms with Crippen molar-refractivity contribution in [3.05, 3.63) is 47.5 Å². The third-order valence-electron chi connectivity index (χ3n) is 3.52. The van der Waals surface area contributed by atoms with Gasteiger partial charge in [-0.1, -0.05) is 30.3 Å². The minimum Gasteiger partial charge on any atom is -0.464 e. The van der Waals surface area contributed by atoms with Crippen molar-refractivity contribution in [1.29, 1.82) is 0 Å². The Hall–Kier alpha value is -2.60. The van der Waals surface area contributed by atoms with Crippen LogP contribution in [0.25, 0.3) is 12.2 Å². The second-order valence-electron chi connectivity index (χ2n) is 5.04. The minimum atomic E-state index is -0.505. The summed E-state index contributed by atoms with van der Waals surface area (Å²) >= 11 is 0. The molecule has 3 rings (SSSR count). The Bertz CT molecular complexity index is 688. The molecule has 6 heteroatoms. The number of methoxy groups -OCH3 is 1. The van der Waals surface area contributed by atoms with Gasteiger partial charge < -0.3 is 18.8 Å². The highest BCUT2D eigenvalue weighted by molar-refractivity contribution is 5.92. The molecule has 0 bridgehead atoms. The Morgan fingerprint density at radius 2 is 1.96 bits per heavy atom. The fourth-order valence-corrected chi connectivity index (χ4v) is 2.34. The summed E-state index contributed by atoms with van der Waals surface area (Å²) in [6.07, 6.45) is 3.63. The quantitative estimate of drug-likeness (QED) is 0.808. The number of carbonyl (C=O) groups is 1. The van der Waals surface area contributed by atoms with Crippen LogP contribution in [0.1, 0.15) is 21.9 Å². The first-order chi connectivity index (χ1) is 11.3. The van der Waals surface area contributed by atoms with Gasteiger partial charge in [-0.25, -0.2) is 9.78 Å². The summed E-state index contributed by atoms with van der Waals surface area (Å²) in [6.45, 7) is 2.50. The van der Waals surface area contributed by atoms with Gasteiger partial charge in [0.05, 0.1) is 20.3 Å². The number of carbonyl (C=O) groups excluding carboxylic acids is 1. The maximum absolute atomic E-state index is 11.9. The Labute approximate surface area is 134 Å². The van der Waals surface area contributed by atoms with E-state index >= 15 is 0 Å². The SMILES string of the molecule is COC(=O)c1nc(C=Cc2ccccc2)oc1N1CCOCC1. The molecule has 0 aliphatic carbocycles. The van der Waals surface area contributed by atoms with Gasteiger partial charge in [0.25, 0.3) is 0 Å². The molecule has 0 spiro atoms. The van der Waals surface area contributed by atoms with Crippen LogP contribution >= 0.6 is 0 Å². The van der Waals surface area contributed by atoms with Crippen LogP contribution in [0.4, 0.5) is 5.88 Å². The summed E-state index contributed by atoms with van der Waals surface area (Å²) in [5, 5.41) is 0. The maximum Gasteiger partial charge on any atom is 0.362 e. The van der Waals surface area contributed by atoms with E-state index < -0.39 is 5.97 Å². The van der Waals surface area contributed by atoms with Gasteiger partial charge in [-0.2, -0.15) is 0 Å². The van der Waals surface area contributed by atoms with Crippen LogP contribution in [-0.2, 0) is 9.47 Å². The highest BCUT2D eigenvalue weighted by Crippen LogP contribution is 2.25. The van der Waals surface area contributed by atoms with Crippen molar-refractivity contribution in [2.75, 3.05) is 38.3 Å². The van der Waals surface area contributed by atoms with Gasteiger partial charge in [0.1, 0.15) is 0 Å². The Morgan fingerprint density at radius 1 is 1.22 bits per heavy atom. The number of aromatic nitrogens is 1. The van der Waals surface area contributed by atoms with Crippen LogP contribution in [0.5, 0.6) is 0 Å². The molecule has 1 aliphatic rings. The summed E-state index contributed by atoms with van der Waals surface area (Å²) in [7, 11) is 1.33. The summed E-state index contributed by atoms with van der Waals surface area (Å²) in [5.41, 5.74) is 1.22. The first-order valence-electron chi connectivity index (χ1n) is 7.43. The zero-order valence-electron chi connectivity index (χ0n) is 12.9. The number of benzene rings is 1. The lowest BCUT2D eigenvalue weighted by atomic mass is 10.2. The van der Waals surface area contributed by atoms with Crippen LogP contribution in [0.2, 0.25) is 0 Å². The van der Waals surface area contributed by atoms with Crippen molar-refractivity contribution < 1.29 is 18.7 Å². The molecule has 1 aliphatic heterocycles. The lowest BCUT2D eigenvalue weighted by Gasteiger charge is -2.26. The smallest absolute Gasteiger partial charge is 0.362 e. The Kier molecular flexibility index (Phi) is 4.73. The largest absolute Gasteiger partial charge is 0.464 e. The molecule has 23 heavy (non-hydrogen) atoms. The molecule has 1 aromatic heterocycles. The topological polar surface area (TPSA) is 64.8 Å². The number of ether oxygens (including phenoxy) is 2. The fourth-order valence-electron chi connectivity index (χ4n) is 2.34. The van der Waals surface area contributed by atoms with Crippen molar-refractivity contribution >= 4 is 24.0 Å². The standard InChI is InChI=1S/C17H18N2O4/c1-21-17(20)15-16(19-9-11-22-12-10-19)23-14(18-15)8-7-13-5-3-2-4-6-13/h2-8H,9-12H2,1H3. The molecule has 1 fully saturated rings. The number of hydrogen-bond donors (Lipinski definition) is 0. The first-order valence-corrected chi connectivity index (χ1v) is 7.43. The molecule has 6 nitrogen and oxygen atoms in total. The van der Waals surface area contributed by atoms with E-state index in [0.717, 1.165) is 5.56 Å². The molecule has 0 radical (unpaired) electrons. The molecule has 2 heterocycles. The Balaban J connectivity index is 1.88. The van der Waals surface area contributed by atoms with E-state index in [1.54, 1.807) is 6.08 Å². The molecule has 120 valence electrons. The zero-order chi connectivity index (χ0) is 16.1. The number of hydrogen-bond acceptors (Lipinski definition) is 6. The molecule has 0 unspecified atom stereocenters. The van der Waals surface area contributed by atoms with Crippen molar-refractivity contribution in [1.82, 2.24) is 4.98 Å². The zero-order valence-corrected chi connectivity index (χ0v) is 12.9. The number of esters is 1. The van der Waals surface area contributed by atoms with Crippen LogP contribution in [-0.4, -0.2) is 44.4 Å². The van der Waals surface area contributed by atoms with E-state index in [-0.39, 0.29) is 5.69 Å². The second kappa shape index (κ2) is 7.11. The third kappa shape index (κ3) is 3.60. The minimum absolute atomic E-state index is 0.196. The predicted octanol–water partition coefficient (Wildman–Crippen LogP) is 2.47. The molecule has 1 saturated heterocycles. The first kappa shape index (κ1) is 15.3. The van der Waals surface area contributed by atoms with Gasteiger partial charge in [0.15, 0.2) is 0 Å². The number of nitrogens with zero attached hydrogens (tertiary/aromatic N) is 2. The highest BCUT2D eigenvalue weighted by atomic mass is 16.5. The average Bonchev–Trinajstić information content (AvgIpc) is 3.05. The Morgan fingerprint density at radius 3 is 2.65 bits per heavy atom. The maximum atomic E-state index is 11.9. The van der Waals surface area contributed by atoms with E-state index in [4.69, 9.17) is 13.9 Å². The van der Waals surface area contributed by atoms with E-state index in [9.17, 15) is 4.79 Å². The van der Waals surface area contributed by atoms with Crippen molar-refractivity contribution in [2.45, 2.75) is 0 Å². The van der Waals surface area contributed by atoms with Gasteiger partial charge in [0, 0.05) is 19.2 Å². The highest BCUT2D eigenvalue weighted by Gasteiger charge is 2.26. The summed E-state index contributed by atoms with van der Waals surface area (Å²) < 4.78 is 15.9. The molecule has 0 amide bonds. The van der Waals surface area contributed by atoms with Gasteiger partial charge in [-0.3, -0.25) is 0 Å². The molecule has 0 atom stereocenters. The van der Waals surface area contributed by atoms with E-state index in [2.05, 4.69) is 4.98 Å². The third-order valence-corrected chi connectivity index (χ3v) is 3.52. The lowest BCUT2D eigenvalue weighted by Crippen LogP contribution is -2.36. The van der Waals surface area contributed by atoms with Crippen LogP contribution in [0.15, 0.2) is 34.7 Å². The molecule has 0 N–H and O–H groups in total. The van der Waals surface area contributed by atoms with Crippen LogP contribution in [0.3, 0.4) is 0 Å². The van der Waals surface area contributed by atoms with Crippen molar-refractivity contribution in [3.63, 3.8) is 0 Å². The predicted molar refractivity (Wildman–Crippen MR) is 86.2 cm³/mol. The number of oxazole rings is 1. The molecule has 1 aromatic carbocycles. The fraction of sp³-hybridized carbons (Fsp3) is 0.294. The average molecular weight is 314 g/mol. The second-order valence-corrected chi connectivity index (χ2v) is 5.04. The van der Waals surface area contributed by atoms with Crippen molar-refractivity contribution in [2.24, 2.45) is 0 Å². The van der Waals surface area contributed by atoms with Gasteiger partial charge >= 0.3 is 5.97 Å². The summed E-state index contributed by atoms with van der Waals surface area (Å²) in [4.78, 5) is 18.1. The number of morpholine rings is 1.